The van der Waals surface area contributed by atoms with Crippen molar-refractivity contribution < 1.29 is 14.3 Å². The van der Waals surface area contributed by atoms with E-state index in [1.165, 1.54) is 0 Å². The number of likely N-dealkylation sites (tertiary alicyclic amines) is 1. The maximum absolute atomic E-state index is 12.1. The minimum Gasteiger partial charge on any atom is -0.451 e. The van der Waals surface area contributed by atoms with Gasteiger partial charge in [0.2, 0.25) is 0 Å². The second kappa shape index (κ2) is 6.11. The number of ether oxygens (including phenoxy) is 1. The van der Waals surface area contributed by atoms with E-state index < -0.39 is 5.97 Å². The van der Waals surface area contributed by atoms with Crippen LogP contribution in [0, 0.1) is 11.8 Å². The summed E-state index contributed by atoms with van der Waals surface area (Å²) >= 11 is 0. The highest BCUT2D eigenvalue weighted by atomic mass is 16.5. The minimum atomic E-state index is -0.455. The van der Waals surface area contributed by atoms with Crippen LogP contribution >= 0.6 is 0 Å². The number of carbonyl (C=O) groups excluding carboxylic acids is 2. The molecule has 0 bridgehead atoms. The minimum absolute atomic E-state index is 0.106. The summed E-state index contributed by atoms with van der Waals surface area (Å²) < 4.78 is 6.78. The lowest BCUT2D eigenvalue weighted by Gasteiger charge is -2.34. The van der Waals surface area contributed by atoms with Gasteiger partial charge in [-0.1, -0.05) is 13.8 Å². The van der Waals surface area contributed by atoms with Gasteiger partial charge in [-0.25, -0.2) is 4.79 Å². The molecule has 5 nitrogen and oxygen atoms in total. The third-order valence-corrected chi connectivity index (χ3v) is 3.70. The number of carbonyl (C=O) groups is 2. The molecule has 20 heavy (non-hydrogen) atoms. The predicted octanol–water partition coefficient (Wildman–Crippen LogP) is 1.69. The van der Waals surface area contributed by atoms with Crippen LogP contribution < -0.4 is 0 Å². The van der Waals surface area contributed by atoms with Crippen molar-refractivity contribution in [2.45, 2.75) is 20.3 Å². The number of aryl methyl sites for hydroxylation is 1. The standard InChI is InChI=1S/C15H22N2O3/c1-11-7-12(2)9-17(8-11)14(18)10-20-15(19)13-5-4-6-16(13)3/h4-6,11-12H,7-10H2,1-3H3. The maximum atomic E-state index is 12.1. The van der Waals surface area contributed by atoms with E-state index in [1.807, 2.05) is 0 Å². The molecule has 0 spiro atoms. The summed E-state index contributed by atoms with van der Waals surface area (Å²) in [5, 5.41) is 0. The van der Waals surface area contributed by atoms with Crippen LogP contribution in [-0.2, 0) is 16.6 Å². The Labute approximate surface area is 119 Å². The lowest BCUT2D eigenvalue weighted by atomic mass is 9.92. The lowest BCUT2D eigenvalue weighted by molar-refractivity contribution is -0.137. The van der Waals surface area contributed by atoms with Crippen molar-refractivity contribution in [3.05, 3.63) is 24.0 Å². The van der Waals surface area contributed by atoms with Gasteiger partial charge in [-0.2, -0.15) is 0 Å². The molecule has 1 aliphatic heterocycles. The van der Waals surface area contributed by atoms with Gasteiger partial charge < -0.3 is 14.2 Å². The molecule has 0 aromatic carbocycles. The van der Waals surface area contributed by atoms with E-state index in [-0.39, 0.29) is 12.5 Å². The summed E-state index contributed by atoms with van der Waals surface area (Å²) in [4.78, 5) is 25.7. The molecule has 1 saturated heterocycles. The van der Waals surface area contributed by atoms with Gasteiger partial charge in [-0.15, -0.1) is 0 Å². The molecular weight excluding hydrogens is 256 g/mol. The third-order valence-electron chi connectivity index (χ3n) is 3.70. The highest BCUT2D eigenvalue weighted by molar-refractivity contribution is 5.89. The van der Waals surface area contributed by atoms with Gasteiger partial charge in [0.15, 0.2) is 6.61 Å². The zero-order valence-electron chi connectivity index (χ0n) is 12.3. The summed E-state index contributed by atoms with van der Waals surface area (Å²) in [5.74, 6) is 0.451. The second-order valence-electron chi connectivity index (χ2n) is 5.83. The van der Waals surface area contributed by atoms with E-state index in [1.54, 1.807) is 34.8 Å². The third kappa shape index (κ3) is 3.40. The van der Waals surface area contributed by atoms with Crippen molar-refractivity contribution >= 4 is 11.9 Å². The number of amides is 1. The normalized spacial score (nSPS) is 22.6. The van der Waals surface area contributed by atoms with Crippen molar-refractivity contribution in [3.63, 3.8) is 0 Å². The fraction of sp³-hybridized carbons (Fsp3) is 0.600. The zero-order valence-corrected chi connectivity index (χ0v) is 12.3. The average molecular weight is 278 g/mol. The highest BCUT2D eigenvalue weighted by Crippen LogP contribution is 2.20. The molecule has 0 saturated carbocycles. The summed E-state index contributed by atoms with van der Waals surface area (Å²) in [6, 6.07) is 3.45. The molecule has 1 aromatic heterocycles. The molecule has 1 aromatic rings. The molecule has 0 N–H and O–H groups in total. The van der Waals surface area contributed by atoms with Crippen molar-refractivity contribution in [1.82, 2.24) is 9.47 Å². The van der Waals surface area contributed by atoms with Crippen LogP contribution in [0.4, 0.5) is 0 Å². The smallest absolute Gasteiger partial charge is 0.355 e. The molecule has 1 aliphatic rings. The maximum Gasteiger partial charge on any atom is 0.355 e. The first kappa shape index (κ1) is 14.6. The van der Waals surface area contributed by atoms with Crippen LogP contribution in [0.3, 0.4) is 0 Å². The molecule has 0 radical (unpaired) electrons. The Hall–Kier alpha value is -1.78. The van der Waals surface area contributed by atoms with Crippen LogP contribution in [0.1, 0.15) is 30.8 Å². The van der Waals surface area contributed by atoms with E-state index in [4.69, 9.17) is 4.74 Å². The molecular formula is C15H22N2O3. The van der Waals surface area contributed by atoms with Crippen LogP contribution in [0.25, 0.3) is 0 Å². The summed E-state index contributed by atoms with van der Waals surface area (Å²) in [6.45, 7) is 5.62. The Kier molecular flexibility index (Phi) is 4.47. The predicted molar refractivity (Wildman–Crippen MR) is 75.2 cm³/mol. The molecule has 2 heterocycles. The van der Waals surface area contributed by atoms with Gasteiger partial charge in [0.05, 0.1) is 0 Å². The van der Waals surface area contributed by atoms with Crippen LogP contribution in [-0.4, -0.2) is 41.0 Å². The van der Waals surface area contributed by atoms with Gasteiger partial charge in [0.1, 0.15) is 5.69 Å². The number of hydrogen-bond acceptors (Lipinski definition) is 3. The van der Waals surface area contributed by atoms with Gasteiger partial charge in [-0.3, -0.25) is 4.79 Å². The summed E-state index contributed by atoms with van der Waals surface area (Å²) in [7, 11) is 1.77. The first-order valence-electron chi connectivity index (χ1n) is 7.03. The van der Waals surface area contributed by atoms with Crippen molar-refractivity contribution in [2.75, 3.05) is 19.7 Å². The molecule has 0 aliphatic carbocycles. The SMILES string of the molecule is CC1CC(C)CN(C(=O)COC(=O)c2cccn2C)C1. The lowest BCUT2D eigenvalue weighted by Crippen LogP contribution is -2.44. The van der Waals surface area contributed by atoms with Crippen molar-refractivity contribution in [2.24, 2.45) is 18.9 Å². The Balaban J connectivity index is 1.86. The molecule has 2 unspecified atom stereocenters. The number of nitrogens with zero attached hydrogens (tertiary/aromatic N) is 2. The number of hydrogen-bond donors (Lipinski definition) is 0. The van der Waals surface area contributed by atoms with Crippen LogP contribution in [0.2, 0.25) is 0 Å². The molecule has 110 valence electrons. The Bertz CT molecular complexity index is 485. The first-order valence-corrected chi connectivity index (χ1v) is 7.03. The van der Waals surface area contributed by atoms with Crippen molar-refractivity contribution in [3.8, 4) is 0 Å². The fourth-order valence-electron chi connectivity index (χ4n) is 2.83. The monoisotopic (exact) mass is 278 g/mol. The number of aromatic nitrogens is 1. The molecule has 2 atom stereocenters. The quantitative estimate of drug-likeness (QED) is 0.791. The second-order valence-corrected chi connectivity index (χ2v) is 5.83. The topological polar surface area (TPSA) is 51.5 Å². The molecule has 1 fully saturated rings. The number of rotatable bonds is 3. The zero-order chi connectivity index (χ0) is 14.7. The Morgan fingerprint density at radius 1 is 1.30 bits per heavy atom. The Morgan fingerprint density at radius 3 is 2.50 bits per heavy atom. The molecule has 2 rings (SSSR count). The van der Waals surface area contributed by atoms with E-state index >= 15 is 0 Å². The molecule has 1 amide bonds. The highest BCUT2D eigenvalue weighted by Gasteiger charge is 2.26. The average Bonchev–Trinajstić information content (AvgIpc) is 2.80. The van der Waals surface area contributed by atoms with E-state index in [0.717, 1.165) is 19.5 Å². The number of esters is 1. The summed E-state index contributed by atoms with van der Waals surface area (Å²) in [5.41, 5.74) is 0.457. The molecule has 5 heteroatoms. The fourth-order valence-corrected chi connectivity index (χ4v) is 2.83. The van der Waals surface area contributed by atoms with Crippen molar-refractivity contribution in [1.29, 1.82) is 0 Å². The summed E-state index contributed by atoms with van der Waals surface area (Å²) in [6.07, 6.45) is 2.92. The van der Waals surface area contributed by atoms with E-state index in [0.29, 0.717) is 17.5 Å². The largest absolute Gasteiger partial charge is 0.451 e. The van der Waals surface area contributed by atoms with Gasteiger partial charge in [0, 0.05) is 26.3 Å². The van der Waals surface area contributed by atoms with Crippen LogP contribution in [0.15, 0.2) is 18.3 Å². The van der Waals surface area contributed by atoms with E-state index in [2.05, 4.69) is 13.8 Å². The van der Waals surface area contributed by atoms with Gasteiger partial charge in [-0.05, 0) is 30.4 Å². The Morgan fingerprint density at radius 2 is 1.95 bits per heavy atom. The van der Waals surface area contributed by atoms with E-state index in [9.17, 15) is 9.59 Å². The number of piperidine rings is 1. The van der Waals surface area contributed by atoms with Crippen LogP contribution in [0.5, 0.6) is 0 Å². The van der Waals surface area contributed by atoms with Gasteiger partial charge >= 0.3 is 5.97 Å². The van der Waals surface area contributed by atoms with Gasteiger partial charge in [0.25, 0.3) is 5.91 Å². The first-order chi connectivity index (χ1) is 9.47.